The maximum absolute atomic E-state index is 13.0. The summed E-state index contributed by atoms with van der Waals surface area (Å²) in [6.45, 7) is 3.63. The highest BCUT2D eigenvalue weighted by molar-refractivity contribution is 5.36. The van der Waals surface area contributed by atoms with Crippen molar-refractivity contribution in [3.63, 3.8) is 0 Å². The summed E-state index contributed by atoms with van der Waals surface area (Å²) in [4.78, 5) is 0. The molecular weight excluding hydrogens is 193 g/mol. The van der Waals surface area contributed by atoms with Crippen molar-refractivity contribution in [1.29, 1.82) is 0 Å². The molecule has 1 rings (SSSR count). The van der Waals surface area contributed by atoms with Gasteiger partial charge in [-0.25, -0.2) is 4.39 Å². The minimum absolute atomic E-state index is 0.214. The highest BCUT2D eigenvalue weighted by atomic mass is 19.1. The van der Waals surface area contributed by atoms with E-state index in [4.69, 9.17) is 10.5 Å². The maximum Gasteiger partial charge on any atom is 0.123 e. The SMILES string of the molecule is C=CCC[C@H](N)c1cc(F)ccc1OC. The molecule has 2 nitrogen and oxygen atoms in total. The van der Waals surface area contributed by atoms with Gasteiger partial charge in [-0.05, 0) is 31.0 Å². The Morgan fingerprint density at radius 3 is 2.93 bits per heavy atom. The molecule has 0 amide bonds. The van der Waals surface area contributed by atoms with Crippen molar-refractivity contribution in [3.8, 4) is 5.75 Å². The first kappa shape index (κ1) is 11.7. The summed E-state index contributed by atoms with van der Waals surface area (Å²) in [5.41, 5.74) is 6.64. The fourth-order valence-corrected chi connectivity index (χ4v) is 1.45. The number of rotatable bonds is 5. The molecule has 15 heavy (non-hydrogen) atoms. The lowest BCUT2D eigenvalue weighted by atomic mass is 10.0. The average Bonchev–Trinajstić information content (AvgIpc) is 2.25. The number of nitrogens with two attached hydrogens (primary N) is 1. The monoisotopic (exact) mass is 209 g/mol. The number of ether oxygens (including phenoxy) is 1. The van der Waals surface area contributed by atoms with Crippen LogP contribution in [-0.4, -0.2) is 7.11 Å². The van der Waals surface area contributed by atoms with Crippen molar-refractivity contribution in [2.75, 3.05) is 7.11 Å². The molecule has 1 aromatic rings. The second-order valence-electron chi connectivity index (χ2n) is 3.36. The molecule has 2 N–H and O–H groups in total. The topological polar surface area (TPSA) is 35.2 Å². The van der Waals surface area contributed by atoms with Gasteiger partial charge >= 0.3 is 0 Å². The van der Waals surface area contributed by atoms with Crippen LogP contribution in [0.2, 0.25) is 0 Å². The second kappa shape index (κ2) is 5.51. The molecule has 82 valence electrons. The average molecular weight is 209 g/mol. The largest absolute Gasteiger partial charge is 0.496 e. The third kappa shape index (κ3) is 3.06. The Morgan fingerprint density at radius 1 is 1.60 bits per heavy atom. The van der Waals surface area contributed by atoms with E-state index in [9.17, 15) is 4.39 Å². The Bertz CT molecular complexity index is 338. The van der Waals surface area contributed by atoms with Gasteiger partial charge in [-0.2, -0.15) is 0 Å². The second-order valence-corrected chi connectivity index (χ2v) is 3.36. The molecule has 0 saturated heterocycles. The first-order valence-electron chi connectivity index (χ1n) is 4.89. The lowest BCUT2D eigenvalue weighted by Gasteiger charge is -2.14. The number of methoxy groups -OCH3 is 1. The van der Waals surface area contributed by atoms with E-state index in [1.54, 1.807) is 19.3 Å². The van der Waals surface area contributed by atoms with Gasteiger partial charge in [0.05, 0.1) is 7.11 Å². The van der Waals surface area contributed by atoms with E-state index in [0.717, 1.165) is 12.8 Å². The molecule has 0 fully saturated rings. The summed E-state index contributed by atoms with van der Waals surface area (Å²) in [7, 11) is 1.55. The number of benzene rings is 1. The minimum atomic E-state index is -0.292. The zero-order chi connectivity index (χ0) is 11.3. The molecule has 0 aliphatic carbocycles. The Morgan fingerprint density at radius 2 is 2.33 bits per heavy atom. The summed E-state index contributed by atoms with van der Waals surface area (Å²) < 4.78 is 18.2. The Labute approximate surface area is 89.6 Å². The lowest BCUT2D eigenvalue weighted by molar-refractivity contribution is 0.403. The number of halogens is 1. The summed E-state index contributed by atoms with van der Waals surface area (Å²) in [6, 6.07) is 4.17. The van der Waals surface area contributed by atoms with Gasteiger partial charge in [0, 0.05) is 11.6 Å². The van der Waals surface area contributed by atoms with Gasteiger partial charge in [-0.1, -0.05) is 6.08 Å². The van der Waals surface area contributed by atoms with E-state index in [2.05, 4.69) is 6.58 Å². The molecule has 0 bridgehead atoms. The Hall–Kier alpha value is -1.35. The van der Waals surface area contributed by atoms with Crippen LogP contribution >= 0.6 is 0 Å². The zero-order valence-electron chi connectivity index (χ0n) is 8.87. The fourth-order valence-electron chi connectivity index (χ4n) is 1.45. The minimum Gasteiger partial charge on any atom is -0.496 e. The quantitative estimate of drug-likeness (QED) is 0.757. The number of allylic oxidation sites excluding steroid dienone is 1. The summed E-state index contributed by atoms with van der Waals surface area (Å²) in [5, 5.41) is 0. The molecule has 0 radical (unpaired) electrons. The van der Waals surface area contributed by atoms with E-state index >= 15 is 0 Å². The first-order chi connectivity index (χ1) is 7.19. The Kier molecular flexibility index (Phi) is 4.31. The van der Waals surface area contributed by atoms with Crippen molar-refractivity contribution in [2.24, 2.45) is 5.73 Å². The first-order valence-corrected chi connectivity index (χ1v) is 4.89. The molecule has 0 heterocycles. The molecule has 0 aliphatic rings. The van der Waals surface area contributed by atoms with E-state index in [1.807, 2.05) is 0 Å². The van der Waals surface area contributed by atoms with Gasteiger partial charge < -0.3 is 10.5 Å². The molecule has 0 saturated carbocycles. The van der Waals surface area contributed by atoms with Gasteiger partial charge in [0.2, 0.25) is 0 Å². The number of hydrogen-bond acceptors (Lipinski definition) is 2. The van der Waals surface area contributed by atoms with Crippen LogP contribution in [0.5, 0.6) is 5.75 Å². The smallest absolute Gasteiger partial charge is 0.123 e. The fraction of sp³-hybridized carbons (Fsp3) is 0.333. The van der Waals surface area contributed by atoms with Crippen LogP contribution in [0.4, 0.5) is 4.39 Å². The van der Waals surface area contributed by atoms with Gasteiger partial charge in [0.25, 0.3) is 0 Å². The van der Waals surface area contributed by atoms with E-state index in [-0.39, 0.29) is 11.9 Å². The van der Waals surface area contributed by atoms with Crippen LogP contribution < -0.4 is 10.5 Å². The van der Waals surface area contributed by atoms with Crippen molar-refractivity contribution >= 4 is 0 Å². The third-order valence-electron chi connectivity index (χ3n) is 2.27. The molecule has 0 unspecified atom stereocenters. The van der Waals surface area contributed by atoms with Crippen LogP contribution in [0, 0.1) is 5.82 Å². The standard InChI is InChI=1S/C12H16FNO/c1-3-4-5-11(14)10-8-9(13)6-7-12(10)15-2/h3,6-8,11H,1,4-5,14H2,2H3/t11-/m0/s1. The summed E-state index contributed by atoms with van der Waals surface area (Å²) >= 11 is 0. The molecule has 0 aromatic heterocycles. The van der Waals surface area contributed by atoms with Crippen molar-refractivity contribution in [1.82, 2.24) is 0 Å². The van der Waals surface area contributed by atoms with E-state index < -0.39 is 0 Å². The third-order valence-corrected chi connectivity index (χ3v) is 2.27. The lowest BCUT2D eigenvalue weighted by Crippen LogP contribution is -2.11. The molecule has 3 heteroatoms. The van der Waals surface area contributed by atoms with E-state index in [0.29, 0.717) is 11.3 Å². The van der Waals surface area contributed by atoms with Crippen LogP contribution in [0.1, 0.15) is 24.4 Å². The maximum atomic E-state index is 13.0. The van der Waals surface area contributed by atoms with Crippen molar-refractivity contribution in [3.05, 3.63) is 42.2 Å². The van der Waals surface area contributed by atoms with Crippen LogP contribution in [-0.2, 0) is 0 Å². The molecule has 1 aromatic carbocycles. The summed E-state index contributed by atoms with van der Waals surface area (Å²) in [5.74, 6) is 0.341. The predicted octanol–water partition coefficient (Wildman–Crippen LogP) is 2.80. The van der Waals surface area contributed by atoms with Crippen LogP contribution in [0.3, 0.4) is 0 Å². The molecule has 1 atom stereocenters. The normalized spacial score (nSPS) is 12.2. The number of hydrogen-bond donors (Lipinski definition) is 1. The Balaban J connectivity index is 2.89. The molecule has 0 aliphatic heterocycles. The molecular formula is C12H16FNO. The van der Waals surface area contributed by atoms with Crippen LogP contribution in [0.25, 0.3) is 0 Å². The van der Waals surface area contributed by atoms with Crippen molar-refractivity contribution < 1.29 is 9.13 Å². The highest BCUT2D eigenvalue weighted by Crippen LogP contribution is 2.27. The highest BCUT2D eigenvalue weighted by Gasteiger charge is 2.11. The van der Waals surface area contributed by atoms with Gasteiger partial charge in [0.1, 0.15) is 11.6 Å². The zero-order valence-corrected chi connectivity index (χ0v) is 8.87. The molecule has 0 spiro atoms. The predicted molar refractivity (Wildman–Crippen MR) is 59.3 cm³/mol. The van der Waals surface area contributed by atoms with Gasteiger partial charge in [-0.15, -0.1) is 6.58 Å². The van der Waals surface area contributed by atoms with Gasteiger partial charge in [0.15, 0.2) is 0 Å². The summed E-state index contributed by atoms with van der Waals surface area (Å²) in [6.07, 6.45) is 3.34. The van der Waals surface area contributed by atoms with Gasteiger partial charge in [-0.3, -0.25) is 0 Å². The van der Waals surface area contributed by atoms with Crippen LogP contribution in [0.15, 0.2) is 30.9 Å². The van der Waals surface area contributed by atoms with Crippen molar-refractivity contribution in [2.45, 2.75) is 18.9 Å². The van der Waals surface area contributed by atoms with E-state index in [1.165, 1.54) is 12.1 Å².